The molecule has 1 N–H and O–H groups in total. The van der Waals surface area contributed by atoms with Crippen LogP contribution in [0.2, 0.25) is 0 Å². The van der Waals surface area contributed by atoms with Crippen molar-refractivity contribution in [2.75, 3.05) is 13.1 Å². The minimum absolute atomic E-state index is 0.843. The van der Waals surface area contributed by atoms with Crippen LogP contribution in [0.4, 0.5) is 0 Å². The van der Waals surface area contributed by atoms with Crippen LogP contribution in [0, 0.1) is 0 Å². The summed E-state index contributed by atoms with van der Waals surface area (Å²) in [5.74, 6) is 0. The van der Waals surface area contributed by atoms with E-state index >= 15 is 0 Å². The Morgan fingerprint density at radius 1 is 1.14 bits per heavy atom. The van der Waals surface area contributed by atoms with E-state index < -0.39 is 0 Å². The lowest BCUT2D eigenvalue weighted by Gasteiger charge is -2.05. The van der Waals surface area contributed by atoms with Gasteiger partial charge in [0.2, 0.25) is 0 Å². The Morgan fingerprint density at radius 2 is 2.00 bits per heavy atom. The molecule has 0 saturated carbocycles. The standard InChI is InChI=1S/C16H27N5/c1-4-8-17-9-7-15-11-20(13-18-15)12-16-10-14(5-2)19-21(16)6-3/h10-11,13,17H,4-9,12H2,1-3H3. The van der Waals surface area contributed by atoms with Crippen LogP contribution in [0.15, 0.2) is 18.6 Å². The summed E-state index contributed by atoms with van der Waals surface area (Å²) in [4.78, 5) is 4.49. The highest BCUT2D eigenvalue weighted by Gasteiger charge is 2.07. The second kappa shape index (κ2) is 7.98. The SMILES string of the molecule is CCCNCCc1cn(Cc2cc(CC)nn2CC)cn1. The Kier molecular flexibility index (Phi) is 5.99. The summed E-state index contributed by atoms with van der Waals surface area (Å²) in [6.45, 7) is 10.3. The topological polar surface area (TPSA) is 47.7 Å². The summed E-state index contributed by atoms with van der Waals surface area (Å²) in [6, 6.07) is 2.20. The van der Waals surface area contributed by atoms with E-state index in [1.807, 2.05) is 6.33 Å². The number of hydrogen-bond acceptors (Lipinski definition) is 3. The lowest BCUT2D eigenvalue weighted by molar-refractivity contribution is 0.594. The third-order valence-corrected chi connectivity index (χ3v) is 3.59. The van der Waals surface area contributed by atoms with Crippen molar-refractivity contribution in [3.05, 3.63) is 35.7 Å². The van der Waals surface area contributed by atoms with Gasteiger partial charge in [0.15, 0.2) is 0 Å². The lowest BCUT2D eigenvalue weighted by Crippen LogP contribution is -2.17. The molecule has 2 aromatic rings. The van der Waals surface area contributed by atoms with Crippen molar-refractivity contribution in [3.63, 3.8) is 0 Å². The van der Waals surface area contributed by atoms with Gasteiger partial charge >= 0.3 is 0 Å². The van der Waals surface area contributed by atoms with Gasteiger partial charge in [-0.1, -0.05) is 13.8 Å². The highest BCUT2D eigenvalue weighted by Crippen LogP contribution is 2.08. The van der Waals surface area contributed by atoms with Gasteiger partial charge in [0.25, 0.3) is 0 Å². The monoisotopic (exact) mass is 289 g/mol. The highest BCUT2D eigenvalue weighted by atomic mass is 15.3. The van der Waals surface area contributed by atoms with Crippen molar-refractivity contribution in [1.82, 2.24) is 24.6 Å². The van der Waals surface area contributed by atoms with E-state index in [2.05, 4.69) is 57.7 Å². The molecular weight excluding hydrogens is 262 g/mol. The zero-order valence-corrected chi connectivity index (χ0v) is 13.5. The van der Waals surface area contributed by atoms with Crippen molar-refractivity contribution < 1.29 is 0 Å². The van der Waals surface area contributed by atoms with E-state index in [9.17, 15) is 0 Å². The van der Waals surface area contributed by atoms with E-state index in [0.717, 1.165) is 50.4 Å². The zero-order valence-electron chi connectivity index (χ0n) is 13.5. The van der Waals surface area contributed by atoms with Crippen LogP contribution in [-0.2, 0) is 25.9 Å². The molecule has 0 amide bonds. The molecule has 0 bridgehead atoms. The molecule has 0 fully saturated rings. The number of aromatic nitrogens is 4. The molecule has 2 aromatic heterocycles. The fourth-order valence-corrected chi connectivity index (χ4v) is 2.42. The quantitative estimate of drug-likeness (QED) is 0.720. The minimum Gasteiger partial charge on any atom is -0.331 e. The Labute approximate surface area is 127 Å². The van der Waals surface area contributed by atoms with Crippen molar-refractivity contribution in [1.29, 1.82) is 0 Å². The number of aryl methyl sites for hydroxylation is 2. The largest absolute Gasteiger partial charge is 0.331 e. The smallest absolute Gasteiger partial charge is 0.0953 e. The molecule has 0 aliphatic heterocycles. The second-order valence-electron chi connectivity index (χ2n) is 5.33. The fraction of sp³-hybridized carbons (Fsp3) is 0.625. The molecule has 0 spiro atoms. The van der Waals surface area contributed by atoms with Gasteiger partial charge in [-0.2, -0.15) is 5.10 Å². The Morgan fingerprint density at radius 3 is 2.71 bits per heavy atom. The lowest BCUT2D eigenvalue weighted by atomic mass is 10.3. The molecule has 0 saturated heterocycles. The summed E-state index contributed by atoms with van der Waals surface area (Å²) >= 11 is 0. The molecule has 2 rings (SSSR count). The first-order valence-electron chi connectivity index (χ1n) is 8.03. The molecule has 5 nitrogen and oxygen atoms in total. The first-order valence-corrected chi connectivity index (χ1v) is 8.03. The Balaban J connectivity index is 1.94. The molecule has 0 atom stereocenters. The van der Waals surface area contributed by atoms with Gasteiger partial charge in [0.1, 0.15) is 0 Å². The predicted octanol–water partition coefficient (Wildman–Crippen LogP) is 2.25. The van der Waals surface area contributed by atoms with Gasteiger partial charge in [0.05, 0.1) is 30.0 Å². The maximum atomic E-state index is 4.59. The summed E-state index contributed by atoms with van der Waals surface area (Å²) in [5, 5.41) is 8.00. The highest BCUT2D eigenvalue weighted by molar-refractivity contribution is 5.12. The van der Waals surface area contributed by atoms with Gasteiger partial charge in [-0.15, -0.1) is 0 Å². The first-order chi connectivity index (χ1) is 10.3. The van der Waals surface area contributed by atoms with Gasteiger partial charge in [-0.25, -0.2) is 4.98 Å². The van der Waals surface area contributed by atoms with Crippen molar-refractivity contribution in [2.24, 2.45) is 0 Å². The summed E-state index contributed by atoms with van der Waals surface area (Å²) in [7, 11) is 0. The second-order valence-corrected chi connectivity index (χ2v) is 5.33. The number of nitrogens with one attached hydrogen (secondary N) is 1. The van der Waals surface area contributed by atoms with Gasteiger partial charge in [-0.05, 0) is 32.4 Å². The average molecular weight is 289 g/mol. The zero-order chi connectivity index (χ0) is 15.1. The number of hydrogen-bond donors (Lipinski definition) is 1. The van der Waals surface area contributed by atoms with Crippen molar-refractivity contribution in [2.45, 2.75) is 53.1 Å². The Bertz CT molecular complexity index is 541. The van der Waals surface area contributed by atoms with Crippen LogP contribution < -0.4 is 5.32 Å². The summed E-state index contributed by atoms with van der Waals surface area (Å²) in [5.41, 5.74) is 3.57. The maximum absolute atomic E-state index is 4.59. The van der Waals surface area contributed by atoms with Gasteiger partial charge < -0.3 is 9.88 Å². The molecule has 0 aliphatic rings. The molecular formula is C16H27N5. The van der Waals surface area contributed by atoms with Gasteiger partial charge in [-0.3, -0.25) is 4.68 Å². The minimum atomic E-state index is 0.843. The predicted molar refractivity (Wildman–Crippen MR) is 85.5 cm³/mol. The summed E-state index contributed by atoms with van der Waals surface area (Å²) in [6.07, 6.45) is 7.22. The van der Waals surface area contributed by atoms with Gasteiger partial charge in [0, 0.05) is 25.7 Å². The number of nitrogens with zero attached hydrogens (tertiary/aromatic N) is 4. The molecule has 116 valence electrons. The molecule has 0 radical (unpaired) electrons. The van der Waals surface area contributed by atoms with E-state index in [1.54, 1.807) is 0 Å². The van der Waals surface area contributed by atoms with E-state index in [0.29, 0.717) is 0 Å². The third-order valence-electron chi connectivity index (χ3n) is 3.59. The average Bonchev–Trinajstić information content (AvgIpc) is 3.10. The van der Waals surface area contributed by atoms with Crippen LogP contribution in [0.5, 0.6) is 0 Å². The number of rotatable bonds is 9. The molecule has 5 heteroatoms. The molecule has 0 aliphatic carbocycles. The molecule has 0 aromatic carbocycles. The first kappa shape index (κ1) is 15.8. The van der Waals surface area contributed by atoms with Crippen molar-refractivity contribution >= 4 is 0 Å². The normalized spacial score (nSPS) is 11.2. The van der Waals surface area contributed by atoms with Crippen LogP contribution >= 0.6 is 0 Å². The molecule has 21 heavy (non-hydrogen) atoms. The Hall–Kier alpha value is -1.62. The van der Waals surface area contributed by atoms with Crippen LogP contribution in [0.3, 0.4) is 0 Å². The number of imidazole rings is 1. The molecule has 0 unspecified atom stereocenters. The van der Waals surface area contributed by atoms with E-state index in [1.165, 1.54) is 12.1 Å². The third kappa shape index (κ3) is 4.43. The van der Waals surface area contributed by atoms with E-state index in [-0.39, 0.29) is 0 Å². The molecule has 2 heterocycles. The van der Waals surface area contributed by atoms with Crippen LogP contribution in [-0.4, -0.2) is 32.4 Å². The van der Waals surface area contributed by atoms with Crippen LogP contribution in [0.25, 0.3) is 0 Å². The maximum Gasteiger partial charge on any atom is 0.0953 e. The van der Waals surface area contributed by atoms with Crippen LogP contribution in [0.1, 0.15) is 44.3 Å². The van der Waals surface area contributed by atoms with E-state index in [4.69, 9.17) is 0 Å². The fourth-order valence-electron chi connectivity index (χ4n) is 2.42. The van der Waals surface area contributed by atoms with Crippen molar-refractivity contribution in [3.8, 4) is 0 Å². The summed E-state index contributed by atoms with van der Waals surface area (Å²) < 4.78 is 4.24.